The van der Waals surface area contributed by atoms with E-state index in [1.54, 1.807) is 30.3 Å². The first-order chi connectivity index (χ1) is 9.46. The van der Waals surface area contributed by atoms with Crippen molar-refractivity contribution in [1.82, 2.24) is 0 Å². The van der Waals surface area contributed by atoms with E-state index < -0.39 is 22.5 Å². The van der Waals surface area contributed by atoms with Crippen LogP contribution in [0.3, 0.4) is 0 Å². The molecule has 1 rings (SSSR count). The lowest BCUT2D eigenvalue weighted by atomic mass is 10.0. The van der Waals surface area contributed by atoms with Crippen molar-refractivity contribution in [3.8, 4) is 0 Å². The number of rotatable bonds is 5. The average Bonchev–Trinajstić information content (AvgIpc) is 2.50. The third kappa shape index (κ3) is 3.24. The zero-order valence-electron chi connectivity index (χ0n) is 10.6. The second-order valence-corrected chi connectivity index (χ2v) is 4.16. The molecule has 1 atom stereocenters. The predicted molar refractivity (Wildman–Crippen MR) is 70.2 cm³/mol. The molecular formula is C13H12ClNO5. The quantitative estimate of drug-likeness (QED) is 0.484. The number of methoxy groups -OCH3 is 1. The smallest absolute Gasteiger partial charge is 0.344 e. The highest BCUT2D eigenvalue weighted by Gasteiger charge is 2.49. The van der Waals surface area contributed by atoms with Crippen LogP contribution in [-0.4, -0.2) is 30.5 Å². The lowest BCUT2D eigenvalue weighted by molar-refractivity contribution is -0.161. The van der Waals surface area contributed by atoms with E-state index >= 15 is 0 Å². The second kappa shape index (κ2) is 6.86. The number of hydrogen-bond donors (Lipinski definition) is 1. The van der Waals surface area contributed by atoms with E-state index in [1.165, 1.54) is 5.94 Å². The molecule has 0 bridgehead atoms. The molecule has 1 aromatic rings. The number of esters is 2. The summed E-state index contributed by atoms with van der Waals surface area (Å²) >= 11 is 5.49. The molecule has 0 spiro atoms. The Labute approximate surface area is 120 Å². The number of carbonyl (C=O) groups excluding carboxylic acids is 3. The topological polar surface area (TPSA) is 95.7 Å². The van der Waals surface area contributed by atoms with Crippen LogP contribution in [0.1, 0.15) is 5.56 Å². The molecule has 20 heavy (non-hydrogen) atoms. The van der Waals surface area contributed by atoms with Crippen molar-refractivity contribution >= 4 is 29.5 Å². The maximum atomic E-state index is 11.9. The summed E-state index contributed by atoms with van der Waals surface area (Å²) in [5.74, 6) is -1.19. The van der Waals surface area contributed by atoms with Crippen molar-refractivity contribution in [2.75, 3.05) is 7.11 Å². The molecule has 6 nitrogen and oxygen atoms in total. The van der Waals surface area contributed by atoms with Gasteiger partial charge in [-0.25, -0.2) is 14.4 Å². The van der Waals surface area contributed by atoms with Gasteiger partial charge in [-0.15, -0.1) is 0 Å². The average molecular weight is 298 g/mol. The lowest BCUT2D eigenvalue weighted by Crippen LogP contribution is -2.57. The summed E-state index contributed by atoms with van der Waals surface area (Å²) in [6.07, 6.45) is 0. The summed E-state index contributed by atoms with van der Waals surface area (Å²) in [7, 11) is 1.00. The van der Waals surface area contributed by atoms with Gasteiger partial charge >= 0.3 is 11.9 Å². The molecule has 2 N–H and O–H groups in total. The Morgan fingerprint density at radius 3 is 2.40 bits per heavy atom. The van der Waals surface area contributed by atoms with Gasteiger partial charge in [-0.1, -0.05) is 41.9 Å². The Hall–Kier alpha value is -2.14. The van der Waals surface area contributed by atoms with Crippen molar-refractivity contribution in [3.05, 3.63) is 40.9 Å². The Kier molecular flexibility index (Phi) is 5.46. The maximum absolute atomic E-state index is 11.9. The number of carbonyl (C=O) groups is 2. The van der Waals surface area contributed by atoms with Crippen LogP contribution in [0.5, 0.6) is 0 Å². The van der Waals surface area contributed by atoms with Crippen molar-refractivity contribution < 1.29 is 23.9 Å². The van der Waals surface area contributed by atoms with Crippen LogP contribution in [-0.2, 0) is 30.5 Å². The Bertz CT molecular complexity index is 553. The Balaban J connectivity index is 2.90. The van der Waals surface area contributed by atoms with E-state index in [0.29, 0.717) is 5.56 Å². The highest BCUT2D eigenvalue weighted by atomic mass is 35.5. The first kappa shape index (κ1) is 15.9. The van der Waals surface area contributed by atoms with Gasteiger partial charge < -0.3 is 15.2 Å². The van der Waals surface area contributed by atoms with Crippen molar-refractivity contribution in [3.63, 3.8) is 0 Å². The molecule has 0 aliphatic heterocycles. The molecule has 7 heteroatoms. The van der Waals surface area contributed by atoms with E-state index in [1.807, 2.05) is 0 Å². The van der Waals surface area contributed by atoms with Gasteiger partial charge in [0, 0.05) is 0 Å². The van der Waals surface area contributed by atoms with Crippen LogP contribution in [0.25, 0.3) is 0 Å². The SMILES string of the molecule is COC(=O)C(N)(C(=O)OCc1ccccc1)C(Cl)=C=O. The standard InChI is InChI=1S/C13H12ClNO5/c1-19-11(17)13(15,10(14)7-16)12(18)20-8-9-5-3-2-4-6-9/h2-6H,8,15H2,1H3. The van der Waals surface area contributed by atoms with Gasteiger partial charge in [0.05, 0.1) is 7.11 Å². The molecular weight excluding hydrogens is 286 g/mol. The van der Waals surface area contributed by atoms with Gasteiger partial charge in [0.15, 0.2) is 0 Å². The Morgan fingerprint density at radius 2 is 1.90 bits per heavy atom. The van der Waals surface area contributed by atoms with Crippen LogP contribution in [0.15, 0.2) is 35.4 Å². The highest BCUT2D eigenvalue weighted by Crippen LogP contribution is 2.20. The number of halogens is 1. The predicted octanol–water partition coefficient (Wildman–Crippen LogP) is 0.555. The van der Waals surface area contributed by atoms with E-state index in [2.05, 4.69) is 4.74 Å². The summed E-state index contributed by atoms with van der Waals surface area (Å²) in [6.45, 7) is -0.126. The minimum absolute atomic E-state index is 0.126. The fourth-order valence-corrected chi connectivity index (χ4v) is 1.50. The fourth-order valence-electron chi connectivity index (χ4n) is 1.34. The molecule has 0 aromatic heterocycles. The van der Waals surface area contributed by atoms with E-state index in [-0.39, 0.29) is 6.61 Å². The first-order valence-electron chi connectivity index (χ1n) is 5.46. The van der Waals surface area contributed by atoms with E-state index in [0.717, 1.165) is 7.11 Å². The fraction of sp³-hybridized carbons (Fsp3) is 0.231. The minimum atomic E-state index is -2.51. The molecule has 0 saturated heterocycles. The summed E-state index contributed by atoms with van der Waals surface area (Å²) in [5, 5.41) is -0.831. The molecule has 106 valence electrons. The molecule has 1 aromatic carbocycles. The van der Waals surface area contributed by atoms with Gasteiger partial charge in [0.25, 0.3) is 5.54 Å². The third-order valence-corrected chi connectivity index (χ3v) is 2.85. The molecule has 0 heterocycles. The van der Waals surface area contributed by atoms with Gasteiger partial charge in [0.2, 0.25) is 0 Å². The van der Waals surface area contributed by atoms with Crippen molar-refractivity contribution in [1.29, 1.82) is 0 Å². The summed E-state index contributed by atoms with van der Waals surface area (Å²) in [5.41, 5.74) is 3.71. The zero-order chi connectivity index (χ0) is 15.2. The largest absolute Gasteiger partial charge is 0.467 e. The zero-order valence-corrected chi connectivity index (χ0v) is 11.3. The molecule has 0 aliphatic carbocycles. The molecule has 0 radical (unpaired) electrons. The minimum Gasteiger partial charge on any atom is -0.467 e. The third-order valence-electron chi connectivity index (χ3n) is 2.48. The maximum Gasteiger partial charge on any atom is 0.344 e. The van der Waals surface area contributed by atoms with E-state index in [4.69, 9.17) is 22.1 Å². The van der Waals surface area contributed by atoms with Crippen molar-refractivity contribution in [2.45, 2.75) is 12.1 Å². The molecule has 0 aliphatic rings. The number of nitrogens with two attached hydrogens (primary N) is 1. The van der Waals surface area contributed by atoms with Crippen LogP contribution in [0.2, 0.25) is 0 Å². The van der Waals surface area contributed by atoms with Crippen LogP contribution in [0.4, 0.5) is 0 Å². The van der Waals surface area contributed by atoms with Crippen LogP contribution < -0.4 is 5.73 Å². The number of benzene rings is 1. The molecule has 1 unspecified atom stereocenters. The summed E-state index contributed by atoms with van der Waals surface area (Å²) in [4.78, 5) is 34.0. The van der Waals surface area contributed by atoms with Gasteiger partial charge in [-0.2, -0.15) is 0 Å². The Morgan fingerprint density at radius 1 is 1.30 bits per heavy atom. The lowest BCUT2D eigenvalue weighted by Gasteiger charge is -2.21. The summed E-state index contributed by atoms with van der Waals surface area (Å²) < 4.78 is 9.25. The molecule has 0 amide bonds. The first-order valence-corrected chi connectivity index (χ1v) is 5.84. The number of hydrogen-bond acceptors (Lipinski definition) is 6. The van der Waals surface area contributed by atoms with Gasteiger partial charge in [0.1, 0.15) is 17.6 Å². The van der Waals surface area contributed by atoms with Crippen LogP contribution >= 0.6 is 11.6 Å². The number of ether oxygens (including phenoxy) is 2. The monoisotopic (exact) mass is 297 g/mol. The van der Waals surface area contributed by atoms with Gasteiger partial charge in [-0.05, 0) is 5.56 Å². The molecule has 0 saturated carbocycles. The summed E-state index contributed by atoms with van der Waals surface area (Å²) in [6, 6.07) is 8.70. The molecule has 0 fully saturated rings. The highest BCUT2D eigenvalue weighted by molar-refractivity contribution is 6.39. The van der Waals surface area contributed by atoms with E-state index in [9.17, 15) is 14.4 Å². The van der Waals surface area contributed by atoms with Crippen molar-refractivity contribution in [2.24, 2.45) is 5.73 Å². The van der Waals surface area contributed by atoms with Gasteiger partial charge in [-0.3, -0.25) is 0 Å². The second-order valence-electron chi connectivity index (χ2n) is 3.78. The van der Waals surface area contributed by atoms with Crippen LogP contribution in [0, 0.1) is 0 Å². The normalized spacial score (nSPS) is 12.8.